The zero-order chi connectivity index (χ0) is 9.23. The van der Waals surface area contributed by atoms with Crippen LogP contribution in [0.5, 0.6) is 0 Å². The molecule has 3 nitrogen and oxygen atoms in total. The number of hydrogen-bond acceptors (Lipinski definition) is 2. The number of carbonyl (C=O) groups excluding carboxylic acids is 1. The van der Waals surface area contributed by atoms with E-state index in [9.17, 15) is 4.79 Å². The van der Waals surface area contributed by atoms with Crippen LogP contribution in [0.3, 0.4) is 0 Å². The minimum Gasteiger partial charge on any atom is -0.366 e. The van der Waals surface area contributed by atoms with Crippen molar-refractivity contribution in [2.24, 2.45) is 0 Å². The molecule has 0 aromatic carbocycles. The average molecular weight is 168 g/mol. The van der Waals surface area contributed by atoms with Crippen molar-refractivity contribution >= 4 is 13.7 Å². The Bertz CT molecular complexity index is 104. The highest BCUT2D eigenvalue weighted by Gasteiger charge is 1.93. The van der Waals surface area contributed by atoms with Crippen LogP contribution in [0, 0.1) is 0 Å². The molecular weight excluding hydrogens is 151 g/mol. The van der Waals surface area contributed by atoms with Crippen molar-refractivity contribution in [2.75, 3.05) is 19.6 Å². The molecule has 1 rings (SSSR count). The zero-order valence-corrected chi connectivity index (χ0v) is 7.73. The molecule has 1 amide bonds. The van der Waals surface area contributed by atoms with Crippen molar-refractivity contribution in [2.45, 2.75) is 26.2 Å². The predicted octanol–water partition coefficient (Wildman–Crippen LogP) is 0.644. The standard InChI is InChI=1S/C5H11N.C3H6BNO/c1-2-4-6-5-3-1;1-2-5-3(4)6/h6H,1-5H2;2H2,1H3,(H,5,6). The number of piperidine rings is 1. The van der Waals surface area contributed by atoms with E-state index in [0.717, 1.165) is 0 Å². The van der Waals surface area contributed by atoms with Gasteiger partial charge in [-0.1, -0.05) is 6.42 Å². The Hall–Kier alpha value is -0.505. The van der Waals surface area contributed by atoms with E-state index in [-0.39, 0.29) is 0 Å². The number of hydrogen-bond donors (Lipinski definition) is 2. The molecule has 0 atom stereocenters. The predicted molar refractivity (Wildman–Crippen MR) is 51.5 cm³/mol. The summed E-state index contributed by atoms with van der Waals surface area (Å²) >= 11 is 0. The van der Waals surface area contributed by atoms with E-state index < -0.39 is 5.81 Å². The van der Waals surface area contributed by atoms with E-state index >= 15 is 0 Å². The third kappa shape index (κ3) is 9.49. The molecule has 2 radical (unpaired) electrons. The normalized spacial score (nSPS) is 15.8. The van der Waals surface area contributed by atoms with Crippen molar-refractivity contribution < 1.29 is 4.79 Å². The molecule has 2 N–H and O–H groups in total. The largest absolute Gasteiger partial charge is 0.366 e. The second-order valence-electron chi connectivity index (χ2n) is 2.71. The SMILES string of the molecule is C1CCNCC1.[B]C(=O)NCC. The van der Waals surface area contributed by atoms with Gasteiger partial charge in [0.15, 0.2) is 13.7 Å². The van der Waals surface area contributed by atoms with E-state index in [1.54, 1.807) is 0 Å². The molecule has 0 saturated carbocycles. The van der Waals surface area contributed by atoms with Gasteiger partial charge in [0.1, 0.15) is 0 Å². The maximum absolute atomic E-state index is 9.71. The van der Waals surface area contributed by atoms with Gasteiger partial charge in [-0.25, -0.2) is 0 Å². The molecule has 1 aliphatic rings. The van der Waals surface area contributed by atoms with Crippen LogP contribution in [0.4, 0.5) is 4.79 Å². The van der Waals surface area contributed by atoms with Crippen LogP contribution in [0.2, 0.25) is 0 Å². The molecule has 68 valence electrons. The van der Waals surface area contributed by atoms with E-state index in [4.69, 9.17) is 0 Å². The fourth-order valence-electron chi connectivity index (χ4n) is 0.976. The maximum atomic E-state index is 9.71. The Morgan fingerprint density at radius 3 is 2.08 bits per heavy atom. The summed E-state index contributed by atoms with van der Waals surface area (Å²) in [6.45, 7) is 4.92. The first-order chi connectivity index (χ1) is 5.77. The lowest BCUT2D eigenvalue weighted by atomic mass is 10.1. The van der Waals surface area contributed by atoms with Crippen LogP contribution < -0.4 is 10.6 Å². The zero-order valence-electron chi connectivity index (χ0n) is 7.73. The summed E-state index contributed by atoms with van der Waals surface area (Å²) in [6.07, 6.45) is 4.22. The molecule has 1 heterocycles. The quantitative estimate of drug-likeness (QED) is 0.564. The summed E-state index contributed by atoms with van der Waals surface area (Å²) in [5.74, 6) is -0.461. The number of nitrogens with one attached hydrogen (secondary N) is 2. The van der Waals surface area contributed by atoms with Crippen molar-refractivity contribution in [3.63, 3.8) is 0 Å². The molecule has 0 aromatic heterocycles. The lowest BCUT2D eigenvalue weighted by molar-refractivity contribution is 0.260. The average Bonchev–Trinajstić information content (AvgIpc) is 2.08. The Balaban J connectivity index is 0.000000202. The van der Waals surface area contributed by atoms with E-state index in [1.165, 1.54) is 32.4 Å². The smallest absolute Gasteiger partial charge is 0.200 e. The van der Waals surface area contributed by atoms with Crippen LogP contribution >= 0.6 is 0 Å². The Morgan fingerprint density at radius 2 is 2.00 bits per heavy atom. The van der Waals surface area contributed by atoms with Gasteiger partial charge >= 0.3 is 0 Å². The summed E-state index contributed by atoms with van der Waals surface area (Å²) in [5, 5.41) is 5.63. The van der Waals surface area contributed by atoms with Crippen molar-refractivity contribution in [3.8, 4) is 0 Å². The molecule has 0 spiro atoms. The van der Waals surface area contributed by atoms with E-state index in [2.05, 4.69) is 18.5 Å². The number of amides is 1. The molecular formula is C8H17BN2O. The second-order valence-corrected chi connectivity index (χ2v) is 2.71. The molecule has 0 unspecified atom stereocenters. The lowest BCUT2D eigenvalue weighted by Crippen LogP contribution is -2.21. The Kier molecular flexibility index (Phi) is 8.23. The minimum absolute atomic E-state index is 0.461. The first-order valence-electron chi connectivity index (χ1n) is 4.51. The summed E-state index contributed by atoms with van der Waals surface area (Å²) < 4.78 is 0. The fourth-order valence-corrected chi connectivity index (χ4v) is 0.976. The van der Waals surface area contributed by atoms with Gasteiger partial charge in [-0.15, -0.1) is 0 Å². The van der Waals surface area contributed by atoms with Crippen molar-refractivity contribution in [1.82, 2.24) is 10.6 Å². The topological polar surface area (TPSA) is 41.1 Å². The van der Waals surface area contributed by atoms with Gasteiger partial charge in [0.25, 0.3) is 0 Å². The van der Waals surface area contributed by atoms with Gasteiger partial charge in [0.05, 0.1) is 0 Å². The molecule has 4 heteroatoms. The van der Waals surface area contributed by atoms with Gasteiger partial charge < -0.3 is 10.6 Å². The summed E-state index contributed by atoms with van der Waals surface area (Å²) in [7, 11) is 4.65. The Morgan fingerprint density at radius 1 is 1.42 bits per heavy atom. The van der Waals surface area contributed by atoms with Gasteiger partial charge in [0, 0.05) is 6.54 Å². The highest BCUT2D eigenvalue weighted by atomic mass is 16.1. The molecule has 0 aromatic rings. The van der Waals surface area contributed by atoms with Gasteiger partial charge in [-0.2, -0.15) is 0 Å². The highest BCUT2D eigenvalue weighted by Crippen LogP contribution is 1.96. The van der Waals surface area contributed by atoms with Crippen LogP contribution in [0.25, 0.3) is 0 Å². The van der Waals surface area contributed by atoms with Crippen LogP contribution in [-0.4, -0.2) is 33.3 Å². The van der Waals surface area contributed by atoms with Crippen LogP contribution in [0.1, 0.15) is 26.2 Å². The molecule has 1 aliphatic heterocycles. The lowest BCUT2D eigenvalue weighted by Gasteiger charge is -2.08. The van der Waals surface area contributed by atoms with Gasteiger partial charge in [-0.05, 0) is 32.9 Å². The first-order valence-corrected chi connectivity index (χ1v) is 4.51. The molecule has 1 fully saturated rings. The first kappa shape index (κ1) is 11.5. The summed E-state index contributed by atoms with van der Waals surface area (Å²) in [5.41, 5.74) is 0. The third-order valence-corrected chi connectivity index (χ3v) is 1.56. The fraction of sp³-hybridized carbons (Fsp3) is 0.875. The van der Waals surface area contributed by atoms with Gasteiger partial charge in [-0.3, -0.25) is 4.79 Å². The van der Waals surface area contributed by atoms with Crippen LogP contribution in [0.15, 0.2) is 0 Å². The minimum atomic E-state index is -0.461. The van der Waals surface area contributed by atoms with Crippen molar-refractivity contribution in [3.05, 3.63) is 0 Å². The highest BCUT2D eigenvalue weighted by molar-refractivity contribution is 6.57. The second kappa shape index (κ2) is 8.59. The van der Waals surface area contributed by atoms with Gasteiger partial charge in [0.2, 0.25) is 0 Å². The van der Waals surface area contributed by atoms with Crippen molar-refractivity contribution in [1.29, 1.82) is 0 Å². The van der Waals surface area contributed by atoms with E-state index in [1.807, 2.05) is 6.92 Å². The molecule has 0 bridgehead atoms. The van der Waals surface area contributed by atoms with E-state index in [0.29, 0.717) is 6.54 Å². The summed E-state index contributed by atoms with van der Waals surface area (Å²) in [4.78, 5) is 9.71. The molecule has 0 aliphatic carbocycles. The molecule has 12 heavy (non-hydrogen) atoms. The maximum Gasteiger partial charge on any atom is 0.200 e. The Labute approximate surface area is 75.7 Å². The molecule has 1 saturated heterocycles. The summed E-state index contributed by atoms with van der Waals surface area (Å²) in [6, 6.07) is 0. The number of carbonyl (C=O) groups is 1. The monoisotopic (exact) mass is 168 g/mol. The third-order valence-electron chi connectivity index (χ3n) is 1.56. The number of rotatable bonds is 1. The van der Waals surface area contributed by atoms with Crippen LogP contribution in [-0.2, 0) is 0 Å².